The van der Waals surface area contributed by atoms with Gasteiger partial charge in [0.2, 0.25) is 0 Å². The van der Waals surface area contributed by atoms with Crippen LogP contribution in [0.15, 0.2) is 60.8 Å². The van der Waals surface area contributed by atoms with Crippen molar-refractivity contribution in [1.29, 1.82) is 0 Å². The summed E-state index contributed by atoms with van der Waals surface area (Å²) >= 11 is 6.01. The molecule has 0 saturated carbocycles. The highest BCUT2D eigenvalue weighted by Crippen LogP contribution is 2.41. The Bertz CT molecular complexity index is 1110. The van der Waals surface area contributed by atoms with Gasteiger partial charge >= 0.3 is 0 Å². The van der Waals surface area contributed by atoms with E-state index in [-0.39, 0.29) is 12.2 Å². The summed E-state index contributed by atoms with van der Waals surface area (Å²) in [5.74, 6) is 1.97. The van der Waals surface area contributed by atoms with Gasteiger partial charge in [-0.1, -0.05) is 29.8 Å². The average molecular weight is 495 g/mol. The summed E-state index contributed by atoms with van der Waals surface area (Å²) in [6, 6.07) is 17.9. The predicted octanol–water partition coefficient (Wildman–Crippen LogP) is 5.60. The largest absolute Gasteiger partial charge is 0.497 e. The van der Waals surface area contributed by atoms with Crippen molar-refractivity contribution < 1.29 is 18.9 Å². The zero-order chi connectivity index (χ0) is 24.0. The van der Waals surface area contributed by atoms with Gasteiger partial charge in [-0.05, 0) is 61.3 Å². The number of hydrogen-bond donors (Lipinski definition) is 0. The van der Waals surface area contributed by atoms with Gasteiger partial charge in [0.1, 0.15) is 18.1 Å². The maximum Gasteiger partial charge on any atom is 0.183 e. The van der Waals surface area contributed by atoms with E-state index in [9.17, 15) is 0 Å². The number of rotatable bonds is 6. The third-order valence-corrected chi connectivity index (χ3v) is 6.97. The molecule has 3 aromatic rings. The topological polar surface area (TPSA) is 53.1 Å². The standard InChI is InChI=1S/C28H31ClN2O4/c1-32-22-10-11-27-25(18-22)23(24-4-2-12-30-26(24)19-35-27)5-3-13-31-14-16-33-28(34-17-15-31)20-6-8-21(29)9-7-20/h2,4,6-12,18,23,28H,3,5,13-17,19H2,1H3. The third-order valence-electron chi connectivity index (χ3n) is 6.72. The fourth-order valence-corrected chi connectivity index (χ4v) is 4.99. The van der Waals surface area contributed by atoms with Gasteiger partial charge in [-0.25, -0.2) is 0 Å². The van der Waals surface area contributed by atoms with E-state index >= 15 is 0 Å². The number of methoxy groups -OCH3 is 1. The molecule has 6 nitrogen and oxygen atoms in total. The molecule has 0 amide bonds. The number of pyridine rings is 1. The quantitative estimate of drug-likeness (QED) is 0.445. The van der Waals surface area contributed by atoms with Crippen LogP contribution in [-0.2, 0) is 16.1 Å². The van der Waals surface area contributed by atoms with Crippen LogP contribution in [0.25, 0.3) is 0 Å². The van der Waals surface area contributed by atoms with Crippen LogP contribution in [0.2, 0.25) is 5.02 Å². The second-order valence-corrected chi connectivity index (χ2v) is 9.33. The van der Waals surface area contributed by atoms with Crippen molar-refractivity contribution in [2.24, 2.45) is 0 Å². The van der Waals surface area contributed by atoms with E-state index in [0.29, 0.717) is 24.8 Å². The number of nitrogens with zero attached hydrogens (tertiary/aromatic N) is 2. The van der Waals surface area contributed by atoms with E-state index in [1.165, 1.54) is 11.1 Å². The summed E-state index contributed by atoms with van der Waals surface area (Å²) in [6.07, 6.45) is 3.54. The maximum atomic E-state index is 6.12. The first-order valence-corrected chi connectivity index (χ1v) is 12.5. The summed E-state index contributed by atoms with van der Waals surface area (Å²) in [7, 11) is 1.70. The Balaban J connectivity index is 1.22. The first-order valence-electron chi connectivity index (χ1n) is 12.2. The van der Waals surface area contributed by atoms with Crippen molar-refractivity contribution in [3.63, 3.8) is 0 Å². The van der Waals surface area contributed by atoms with E-state index in [1.54, 1.807) is 7.11 Å². The lowest BCUT2D eigenvalue weighted by atomic mass is 9.86. The first-order chi connectivity index (χ1) is 17.2. The molecule has 0 N–H and O–H groups in total. The summed E-state index contributed by atoms with van der Waals surface area (Å²) in [6.45, 7) is 4.47. The molecular weight excluding hydrogens is 464 g/mol. The van der Waals surface area contributed by atoms with Gasteiger partial charge in [-0.2, -0.15) is 0 Å². The second-order valence-electron chi connectivity index (χ2n) is 8.89. The summed E-state index contributed by atoms with van der Waals surface area (Å²) in [5, 5.41) is 0.713. The Morgan fingerprint density at radius 2 is 1.83 bits per heavy atom. The molecule has 2 aromatic carbocycles. The molecule has 0 radical (unpaired) electrons. The number of ether oxygens (including phenoxy) is 4. The predicted molar refractivity (Wildman–Crippen MR) is 135 cm³/mol. The number of hydrogen-bond acceptors (Lipinski definition) is 6. The van der Waals surface area contributed by atoms with Crippen molar-refractivity contribution in [2.75, 3.05) is 40.0 Å². The van der Waals surface area contributed by atoms with Gasteiger partial charge in [-0.3, -0.25) is 9.88 Å². The minimum Gasteiger partial charge on any atom is -0.497 e. The molecular formula is C28H31ClN2O4. The van der Waals surface area contributed by atoms with Crippen LogP contribution in [-0.4, -0.2) is 49.8 Å². The lowest BCUT2D eigenvalue weighted by molar-refractivity contribution is -0.164. The van der Waals surface area contributed by atoms with Gasteiger partial charge in [0.25, 0.3) is 0 Å². The fraction of sp³-hybridized carbons (Fsp3) is 0.393. The molecule has 3 heterocycles. The van der Waals surface area contributed by atoms with Crippen LogP contribution in [0.5, 0.6) is 11.5 Å². The van der Waals surface area contributed by atoms with Gasteiger partial charge in [-0.15, -0.1) is 0 Å². The number of fused-ring (bicyclic) bond motifs is 2. The molecule has 7 heteroatoms. The Kier molecular flexibility index (Phi) is 7.84. The summed E-state index contributed by atoms with van der Waals surface area (Å²) in [5.41, 5.74) is 4.42. The molecule has 0 spiro atoms. The van der Waals surface area contributed by atoms with Crippen LogP contribution in [0, 0.1) is 0 Å². The molecule has 2 aliphatic rings. The van der Waals surface area contributed by atoms with Crippen LogP contribution < -0.4 is 9.47 Å². The maximum absolute atomic E-state index is 6.12. The highest BCUT2D eigenvalue weighted by molar-refractivity contribution is 6.30. The highest BCUT2D eigenvalue weighted by atomic mass is 35.5. The number of halogens is 1. The van der Waals surface area contributed by atoms with Crippen LogP contribution >= 0.6 is 11.6 Å². The van der Waals surface area contributed by atoms with Gasteiger partial charge in [0.05, 0.1) is 26.0 Å². The molecule has 1 atom stereocenters. The SMILES string of the molecule is COc1ccc2c(c1)C(CCCN1CCOC(c3ccc(Cl)cc3)OCC1)c1cccnc1CO2. The number of aromatic nitrogens is 1. The van der Waals surface area contributed by atoms with Gasteiger partial charge in [0, 0.05) is 41.4 Å². The van der Waals surface area contributed by atoms with Crippen molar-refractivity contribution in [3.05, 3.63) is 88.2 Å². The van der Waals surface area contributed by atoms with Gasteiger partial charge in [0.15, 0.2) is 6.29 Å². The minimum atomic E-state index is -0.337. The third kappa shape index (κ3) is 5.78. The van der Waals surface area contributed by atoms with Crippen LogP contribution in [0.1, 0.15) is 47.4 Å². The molecule has 35 heavy (non-hydrogen) atoms. The van der Waals surface area contributed by atoms with E-state index in [1.807, 2.05) is 48.7 Å². The van der Waals surface area contributed by atoms with Crippen molar-refractivity contribution in [2.45, 2.75) is 31.7 Å². The lowest BCUT2D eigenvalue weighted by Crippen LogP contribution is -2.35. The van der Waals surface area contributed by atoms with Crippen LogP contribution in [0.3, 0.4) is 0 Å². The second kappa shape index (κ2) is 11.4. The monoisotopic (exact) mass is 494 g/mol. The van der Waals surface area contributed by atoms with E-state index in [0.717, 1.165) is 55.2 Å². The molecule has 5 rings (SSSR count). The zero-order valence-corrected chi connectivity index (χ0v) is 20.7. The van der Waals surface area contributed by atoms with E-state index in [4.69, 9.17) is 30.5 Å². The lowest BCUT2D eigenvalue weighted by Gasteiger charge is -2.29. The van der Waals surface area contributed by atoms with Crippen LogP contribution in [0.4, 0.5) is 0 Å². The molecule has 0 bridgehead atoms. The molecule has 2 aliphatic heterocycles. The minimum absolute atomic E-state index is 0.211. The smallest absolute Gasteiger partial charge is 0.183 e. The Morgan fingerprint density at radius 1 is 1.03 bits per heavy atom. The van der Waals surface area contributed by atoms with E-state index < -0.39 is 0 Å². The normalized spacial score (nSPS) is 19.0. The molecule has 1 fully saturated rings. The van der Waals surface area contributed by atoms with Crippen molar-refractivity contribution in [1.82, 2.24) is 9.88 Å². The van der Waals surface area contributed by atoms with Crippen molar-refractivity contribution >= 4 is 11.6 Å². The summed E-state index contributed by atoms with van der Waals surface area (Å²) < 4.78 is 23.7. The molecule has 1 saturated heterocycles. The summed E-state index contributed by atoms with van der Waals surface area (Å²) in [4.78, 5) is 7.02. The highest BCUT2D eigenvalue weighted by Gasteiger charge is 2.26. The Morgan fingerprint density at radius 3 is 2.60 bits per heavy atom. The molecule has 184 valence electrons. The Labute approximate surface area is 211 Å². The van der Waals surface area contributed by atoms with E-state index in [2.05, 4.69) is 22.0 Å². The van der Waals surface area contributed by atoms with Crippen molar-refractivity contribution in [3.8, 4) is 11.5 Å². The molecule has 1 unspecified atom stereocenters. The Hall–Kier alpha value is -2.64. The fourth-order valence-electron chi connectivity index (χ4n) is 4.86. The first kappa shape index (κ1) is 24.1. The molecule has 1 aromatic heterocycles. The zero-order valence-electron chi connectivity index (χ0n) is 20.0. The van der Waals surface area contributed by atoms with Gasteiger partial charge < -0.3 is 18.9 Å². The number of benzene rings is 2. The molecule has 0 aliphatic carbocycles. The average Bonchev–Trinajstić information content (AvgIpc) is 3.02.